The first-order chi connectivity index (χ1) is 11.1. The molecule has 1 heterocycles. The Balaban J connectivity index is 1.59. The number of thioether (sulfide) groups is 1. The van der Waals surface area contributed by atoms with Crippen molar-refractivity contribution in [2.45, 2.75) is 31.1 Å². The van der Waals surface area contributed by atoms with Crippen LogP contribution in [0.4, 0.5) is 4.39 Å². The van der Waals surface area contributed by atoms with E-state index in [0.717, 1.165) is 28.3 Å². The van der Waals surface area contributed by atoms with Crippen LogP contribution in [0, 0.1) is 12.7 Å². The molecule has 0 radical (unpaired) electrons. The fourth-order valence-electron chi connectivity index (χ4n) is 1.99. The summed E-state index contributed by atoms with van der Waals surface area (Å²) in [5, 5.41) is 6.88. The third-order valence-electron chi connectivity index (χ3n) is 3.26. The predicted molar refractivity (Wildman–Crippen MR) is 89.3 cm³/mol. The first kappa shape index (κ1) is 17.8. The Hall–Kier alpha value is -1.53. The Bertz CT molecular complexity index is 627. The van der Waals surface area contributed by atoms with Crippen LogP contribution in [0.2, 0.25) is 5.22 Å². The fraction of sp³-hybridized carbons (Fsp3) is 0.375. The zero-order chi connectivity index (χ0) is 16.7. The highest BCUT2D eigenvalue weighted by Crippen LogP contribution is 2.20. The summed E-state index contributed by atoms with van der Waals surface area (Å²) in [6.07, 6.45) is 1.72. The smallest absolute Gasteiger partial charge is 0.229 e. The van der Waals surface area contributed by atoms with E-state index in [0.29, 0.717) is 19.4 Å². The summed E-state index contributed by atoms with van der Waals surface area (Å²) in [4.78, 5) is 12.8. The van der Waals surface area contributed by atoms with Gasteiger partial charge in [0.25, 0.3) is 0 Å². The third kappa shape index (κ3) is 5.88. The van der Waals surface area contributed by atoms with Crippen molar-refractivity contribution in [1.82, 2.24) is 10.5 Å². The molecule has 0 bridgehead atoms. The van der Waals surface area contributed by atoms with Crippen molar-refractivity contribution in [3.05, 3.63) is 46.6 Å². The summed E-state index contributed by atoms with van der Waals surface area (Å²) in [6.45, 7) is 2.42. The number of hydrogen-bond donors (Lipinski definition) is 1. The van der Waals surface area contributed by atoms with Crippen LogP contribution in [0.3, 0.4) is 0 Å². The Morgan fingerprint density at radius 1 is 1.39 bits per heavy atom. The Labute approximate surface area is 143 Å². The molecular formula is C16H18ClFN2O2S. The molecule has 124 valence electrons. The van der Waals surface area contributed by atoms with Crippen LogP contribution in [0.5, 0.6) is 0 Å². The number of nitrogens with one attached hydrogen (secondary N) is 1. The molecule has 1 aromatic carbocycles. The molecule has 0 aliphatic carbocycles. The lowest BCUT2D eigenvalue weighted by Crippen LogP contribution is -2.25. The topological polar surface area (TPSA) is 55.1 Å². The zero-order valence-corrected chi connectivity index (χ0v) is 14.3. The molecule has 0 saturated carbocycles. The van der Waals surface area contributed by atoms with E-state index in [9.17, 15) is 9.18 Å². The molecule has 1 aromatic heterocycles. The first-order valence-electron chi connectivity index (χ1n) is 7.32. The molecule has 1 amide bonds. The zero-order valence-electron chi connectivity index (χ0n) is 12.8. The van der Waals surface area contributed by atoms with Gasteiger partial charge in [0.05, 0.1) is 5.69 Å². The SMILES string of the molecule is Cc1noc(Cl)c1CCC(=O)NCCCSc1ccc(F)cc1. The number of carbonyl (C=O) groups excluding carboxylic acids is 1. The highest BCUT2D eigenvalue weighted by atomic mass is 35.5. The van der Waals surface area contributed by atoms with E-state index in [-0.39, 0.29) is 16.9 Å². The second-order valence-corrected chi connectivity index (χ2v) is 6.54. The standard InChI is InChI=1S/C16H18ClFN2O2S/c1-11-14(16(17)22-20-11)7-8-15(21)19-9-2-10-23-13-5-3-12(18)4-6-13/h3-6H,2,7-10H2,1H3,(H,19,21). The minimum Gasteiger partial charge on any atom is -0.356 e. The summed E-state index contributed by atoms with van der Waals surface area (Å²) >= 11 is 7.50. The average molecular weight is 357 g/mol. The van der Waals surface area contributed by atoms with Gasteiger partial charge in [-0.3, -0.25) is 4.79 Å². The van der Waals surface area contributed by atoms with Crippen molar-refractivity contribution in [2.75, 3.05) is 12.3 Å². The maximum atomic E-state index is 12.8. The van der Waals surface area contributed by atoms with Gasteiger partial charge in [0.2, 0.25) is 11.1 Å². The van der Waals surface area contributed by atoms with Gasteiger partial charge >= 0.3 is 0 Å². The van der Waals surface area contributed by atoms with Crippen molar-refractivity contribution in [1.29, 1.82) is 0 Å². The maximum Gasteiger partial charge on any atom is 0.229 e. The summed E-state index contributed by atoms with van der Waals surface area (Å²) in [7, 11) is 0. The van der Waals surface area contributed by atoms with E-state index in [1.807, 2.05) is 0 Å². The van der Waals surface area contributed by atoms with Crippen molar-refractivity contribution in [2.24, 2.45) is 0 Å². The van der Waals surface area contributed by atoms with Crippen LogP contribution in [-0.2, 0) is 11.2 Å². The average Bonchev–Trinajstić information content (AvgIpc) is 2.85. The fourth-order valence-corrected chi connectivity index (χ4v) is 3.11. The van der Waals surface area contributed by atoms with E-state index in [4.69, 9.17) is 16.1 Å². The lowest BCUT2D eigenvalue weighted by molar-refractivity contribution is -0.121. The summed E-state index contributed by atoms with van der Waals surface area (Å²) in [6, 6.07) is 6.40. The number of rotatable bonds is 8. The Morgan fingerprint density at radius 2 is 2.13 bits per heavy atom. The number of nitrogens with zero attached hydrogens (tertiary/aromatic N) is 1. The maximum absolute atomic E-state index is 12.8. The van der Waals surface area contributed by atoms with Gasteiger partial charge in [-0.2, -0.15) is 0 Å². The molecule has 0 saturated heterocycles. The number of benzene rings is 1. The van der Waals surface area contributed by atoms with Gasteiger partial charge in [-0.25, -0.2) is 4.39 Å². The van der Waals surface area contributed by atoms with Crippen LogP contribution in [-0.4, -0.2) is 23.4 Å². The van der Waals surface area contributed by atoms with Crippen molar-refractivity contribution >= 4 is 29.3 Å². The molecule has 0 spiro atoms. The number of carbonyl (C=O) groups is 1. The monoisotopic (exact) mass is 356 g/mol. The van der Waals surface area contributed by atoms with Crippen LogP contribution in [0.15, 0.2) is 33.7 Å². The molecular weight excluding hydrogens is 339 g/mol. The second kappa shape index (κ2) is 8.93. The Morgan fingerprint density at radius 3 is 2.78 bits per heavy atom. The first-order valence-corrected chi connectivity index (χ1v) is 8.68. The highest BCUT2D eigenvalue weighted by Gasteiger charge is 2.12. The lowest BCUT2D eigenvalue weighted by atomic mass is 10.1. The largest absolute Gasteiger partial charge is 0.356 e. The quantitative estimate of drug-likeness (QED) is 0.573. The van der Waals surface area contributed by atoms with Gasteiger partial charge in [-0.1, -0.05) is 5.16 Å². The van der Waals surface area contributed by atoms with E-state index in [1.165, 1.54) is 12.1 Å². The molecule has 0 fully saturated rings. The Kier molecular flexibility index (Phi) is 6.92. The van der Waals surface area contributed by atoms with Gasteiger partial charge in [0, 0.05) is 23.4 Å². The van der Waals surface area contributed by atoms with E-state index in [1.54, 1.807) is 30.8 Å². The molecule has 0 aliphatic rings. The van der Waals surface area contributed by atoms with Crippen LogP contribution < -0.4 is 5.32 Å². The minimum atomic E-state index is -0.232. The molecule has 7 heteroatoms. The number of aromatic nitrogens is 1. The second-order valence-electron chi connectivity index (χ2n) is 5.03. The van der Waals surface area contributed by atoms with E-state index in [2.05, 4.69) is 10.5 Å². The number of hydrogen-bond acceptors (Lipinski definition) is 4. The summed E-state index contributed by atoms with van der Waals surface area (Å²) < 4.78 is 17.6. The molecule has 1 N–H and O–H groups in total. The normalized spacial score (nSPS) is 10.7. The molecule has 0 atom stereocenters. The van der Waals surface area contributed by atoms with Crippen LogP contribution >= 0.6 is 23.4 Å². The molecule has 4 nitrogen and oxygen atoms in total. The highest BCUT2D eigenvalue weighted by molar-refractivity contribution is 7.99. The predicted octanol–water partition coefficient (Wildman–Crippen LogP) is 4.01. The molecule has 23 heavy (non-hydrogen) atoms. The molecule has 2 aromatic rings. The molecule has 0 aliphatic heterocycles. The van der Waals surface area contributed by atoms with Gasteiger partial charge in [0.15, 0.2) is 0 Å². The van der Waals surface area contributed by atoms with Crippen LogP contribution in [0.1, 0.15) is 24.1 Å². The number of halogens is 2. The van der Waals surface area contributed by atoms with Gasteiger partial charge in [0.1, 0.15) is 5.82 Å². The van der Waals surface area contributed by atoms with Crippen molar-refractivity contribution in [3.63, 3.8) is 0 Å². The summed E-state index contributed by atoms with van der Waals surface area (Å²) in [5.41, 5.74) is 1.51. The number of aryl methyl sites for hydroxylation is 1. The van der Waals surface area contributed by atoms with Gasteiger partial charge < -0.3 is 9.84 Å². The molecule has 0 unspecified atom stereocenters. The van der Waals surface area contributed by atoms with Crippen molar-refractivity contribution in [3.8, 4) is 0 Å². The summed E-state index contributed by atoms with van der Waals surface area (Å²) in [5.74, 6) is 0.612. The minimum absolute atomic E-state index is 0.0200. The van der Waals surface area contributed by atoms with Crippen molar-refractivity contribution < 1.29 is 13.7 Å². The van der Waals surface area contributed by atoms with E-state index < -0.39 is 0 Å². The number of amides is 1. The van der Waals surface area contributed by atoms with E-state index >= 15 is 0 Å². The third-order valence-corrected chi connectivity index (χ3v) is 4.66. The van der Waals surface area contributed by atoms with Gasteiger partial charge in [-0.15, -0.1) is 11.8 Å². The lowest BCUT2D eigenvalue weighted by Gasteiger charge is -2.05. The molecule has 2 rings (SSSR count). The van der Waals surface area contributed by atoms with Crippen LogP contribution in [0.25, 0.3) is 0 Å². The van der Waals surface area contributed by atoms with Gasteiger partial charge in [-0.05, 0) is 61.4 Å².